The van der Waals surface area contributed by atoms with Gasteiger partial charge in [0.25, 0.3) is 0 Å². The van der Waals surface area contributed by atoms with Crippen molar-refractivity contribution in [2.75, 3.05) is 25.1 Å². The fourth-order valence-corrected chi connectivity index (χ4v) is 7.63. The number of primary amides is 1. The van der Waals surface area contributed by atoms with Crippen LogP contribution < -0.4 is 34.7 Å². The number of hydrogen-bond acceptors (Lipinski definition) is 14. The number of aromatic hydroxyl groups is 1. The Hall–Kier alpha value is -8.23. The Morgan fingerprint density at radius 1 is 0.553 bits per heavy atom. The van der Waals surface area contributed by atoms with Crippen molar-refractivity contribution in [2.24, 2.45) is 35.3 Å². The second kappa shape index (κ2) is 26.8. The van der Waals surface area contributed by atoms with Gasteiger partial charge in [0.1, 0.15) is 87.8 Å². The molecule has 5 aliphatic rings. The summed E-state index contributed by atoms with van der Waals surface area (Å²) in [6, 6.07) is 24.5. The number of benzene rings is 3. The first kappa shape index (κ1) is 57.1. The third kappa shape index (κ3) is 17.4. The Bertz CT molecular complexity index is 3020. The van der Waals surface area contributed by atoms with E-state index in [1.165, 1.54) is 18.3 Å². The number of nitrogens with one attached hydrogen (secondary N) is 1. The average molecular weight is 1090 g/mol. The number of hydrogen-bond donors (Lipinski definition) is 6. The van der Waals surface area contributed by atoms with Crippen LogP contribution in [0, 0.1) is 35.4 Å². The van der Waals surface area contributed by atoms with Gasteiger partial charge < -0.3 is 55.2 Å². The van der Waals surface area contributed by atoms with E-state index in [0.29, 0.717) is 70.5 Å². The van der Waals surface area contributed by atoms with Gasteiger partial charge in [0.05, 0.1) is 17.8 Å². The number of carbonyl (C=O) groups is 5. The van der Waals surface area contributed by atoms with Crippen molar-refractivity contribution in [3.8, 4) is 46.0 Å². The Labute approximate surface area is 445 Å². The van der Waals surface area contributed by atoms with Crippen molar-refractivity contribution in [1.82, 2.24) is 15.0 Å². The molecule has 19 nitrogen and oxygen atoms in total. The molecule has 3 aliphatic heterocycles. The monoisotopic (exact) mass is 1090 g/mol. The number of nitrogens with two attached hydrogens (primary N) is 1. The Morgan fingerprint density at radius 3 is 1.38 bits per heavy atom. The van der Waals surface area contributed by atoms with Gasteiger partial charge in [-0.05, 0) is 134 Å². The zero-order valence-electron chi connectivity index (χ0n) is 39.8. The molecule has 2 saturated carbocycles. The SMILES string of the molecule is C.Fc1ccnc(Cl)c1.NC(=O)C1CC1.O=C(O)C1COc2ccc(O)cc2C1.O=C(O)C1COc2ccc(Oc3ccnc(Cl)c3)cc2C1.O=C(O)C1COc2ccc(Oc3ccnc(NC(=O)C4CC4)c3)cc2C1. The van der Waals surface area contributed by atoms with Crippen LogP contribution in [0.25, 0.3) is 0 Å². The number of rotatable bonds is 10. The smallest absolute Gasteiger partial charge is 0.310 e. The summed E-state index contributed by atoms with van der Waals surface area (Å²) < 4.78 is 39.8. The highest BCUT2D eigenvalue weighted by atomic mass is 35.5. The Morgan fingerprint density at radius 2 is 0.974 bits per heavy atom. The topological polar surface area (TPSA) is 289 Å². The van der Waals surface area contributed by atoms with Crippen molar-refractivity contribution >= 4 is 58.7 Å². The lowest BCUT2D eigenvalue weighted by Gasteiger charge is -2.23. The van der Waals surface area contributed by atoms with Gasteiger partial charge in [-0.2, -0.15) is 0 Å². The predicted octanol–water partition coefficient (Wildman–Crippen LogP) is 9.44. The molecule has 3 aromatic heterocycles. The van der Waals surface area contributed by atoms with Gasteiger partial charge in [-0.25, -0.2) is 19.3 Å². The normalized spacial score (nSPS) is 17.1. The standard InChI is InChI=1S/C19H18N2O5.C15H12ClNO4.C10H10O4.C5H3ClFN.C4H7NO.CH4/c22-18(11-1-2-11)21-17-9-15(5-6-20-17)26-14-3-4-16-12(8-14)7-13(10-25-16)19(23)24;16-14-7-12(3-4-17-14)21-11-1-2-13-9(6-11)5-10(8-20-13)15(18)19;11-8-1-2-9-6(4-8)3-7(5-14-9)10(12)13;6-5-3-4(7)1-2-8-5;5-4(6)3-1-2-3;/h3-6,8-9,11,13H,1-2,7,10H2,(H,23,24)(H,20,21,22);1-4,6-7,10H,5,8H2,(H,18,19);1-2,4,7,11H,3,5H2,(H,12,13);1-3H;3H,1-2H2,(H2,5,6);1H4. The molecule has 11 rings (SSSR count). The van der Waals surface area contributed by atoms with Gasteiger partial charge in [-0.15, -0.1) is 0 Å². The van der Waals surface area contributed by atoms with Gasteiger partial charge in [0.2, 0.25) is 11.8 Å². The number of nitrogens with zero attached hydrogens (tertiary/aromatic N) is 3. The lowest BCUT2D eigenvalue weighted by Crippen LogP contribution is -2.27. The molecule has 2 fully saturated rings. The molecule has 3 atom stereocenters. The van der Waals surface area contributed by atoms with Crippen LogP contribution in [0.15, 0.2) is 110 Å². The number of ether oxygens (including phenoxy) is 5. The summed E-state index contributed by atoms with van der Waals surface area (Å²) in [6.07, 6.45) is 9.59. The summed E-state index contributed by atoms with van der Waals surface area (Å²) in [5, 5.41) is 39.5. The fourth-order valence-electron chi connectivity index (χ4n) is 7.31. The van der Waals surface area contributed by atoms with Crippen LogP contribution in [0.4, 0.5) is 10.2 Å². The van der Waals surface area contributed by atoms with E-state index in [-0.39, 0.29) is 67.6 Å². The number of anilines is 1. The molecule has 0 saturated heterocycles. The van der Waals surface area contributed by atoms with Gasteiger partial charge in [0, 0.05) is 48.6 Å². The highest BCUT2D eigenvalue weighted by molar-refractivity contribution is 6.29. The molecule has 0 spiro atoms. The van der Waals surface area contributed by atoms with Crippen LogP contribution in [-0.2, 0) is 43.2 Å². The number of fused-ring (bicyclic) bond motifs is 3. The third-order valence-corrected chi connectivity index (χ3v) is 12.1. The zero-order valence-corrected chi connectivity index (χ0v) is 41.3. The number of aromatic nitrogens is 3. The third-order valence-electron chi connectivity index (χ3n) is 11.6. The molecular formula is C54H54Cl2FN5O14. The van der Waals surface area contributed by atoms with Crippen molar-refractivity contribution in [3.05, 3.63) is 142 Å². The van der Waals surface area contributed by atoms with E-state index in [1.807, 2.05) is 0 Å². The van der Waals surface area contributed by atoms with E-state index in [2.05, 4.69) is 20.3 Å². The van der Waals surface area contributed by atoms with E-state index in [0.717, 1.165) is 48.4 Å². The highest BCUT2D eigenvalue weighted by Crippen LogP contribution is 2.36. The van der Waals surface area contributed by atoms with E-state index in [9.17, 15) is 33.5 Å². The molecule has 2 amide bonds. The number of amides is 2. The summed E-state index contributed by atoms with van der Waals surface area (Å²) in [5.41, 5.74) is 7.24. The first-order chi connectivity index (χ1) is 36.0. The minimum atomic E-state index is -0.868. The molecule has 400 valence electrons. The van der Waals surface area contributed by atoms with E-state index in [4.69, 9.17) is 67.9 Å². The van der Waals surface area contributed by atoms with Crippen LogP contribution in [0.1, 0.15) is 49.8 Å². The number of pyridine rings is 3. The van der Waals surface area contributed by atoms with Crippen molar-refractivity contribution in [2.45, 2.75) is 52.4 Å². The maximum absolute atomic E-state index is 12.0. The van der Waals surface area contributed by atoms with E-state index in [1.54, 1.807) is 85.2 Å². The Balaban J connectivity index is 0.000000167. The number of carbonyl (C=O) groups excluding carboxylic acids is 2. The van der Waals surface area contributed by atoms with Crippen LogP contribution in [0.5, 0.6) is 46.0 Å². The number of phenols is 1. The number of aliphatic carboxylic acids is 3. The van der Waals surface area contributed by atoms with Gasteiger partial charge >= 0.3 is 17.9 Å². The molecule has 6 aromatic rings. The summed E-state index contributed by atoms with van der Waals surface area (Å²) in [5.74, 6) is 0.595. The lowest BCUT2D eigenvalue weighted by atomic mass is 9.97. The first-order valence-electron chi connectivity index (χ1n) is 23.4. The number of carboxylic acid groups (broad SMARTS) is 3. The molecule has 22 heteroatoms. The van der Waals surface area contributed by atoms with E-state index < -0.39 is 35.7 Å². The molecule has 76 heavy (non-hydrogen) atoms. The lowest BCUT2D eigenvalue weighted by molar-refractivity contribution is -0.144. The van der Waals surface area contributed by atoms with E-state index >= 15 is 0 Å². The van der Waals surface area contributed by atoms with Crippen LogP contribution in [0.2, 0.25) is 10.3 Å². The molecule has 6 heterocycles. The van der Waals surface area contributed by atoms with Crippen molar-refractivity contribution in [3.63, 3.8) is 0 Å². The summed E-state index contributed by atoms with van der Waals surface area (Å²) in [6.45, 7) is 0.576. The van der Waals surface area contributed by atoms with Gasteiger partial charge in [0.15, 0.2) is 0 Å². The predicted molar refractivity (Wildman–Crippen MR) is 275 cm³/mol. The summed E-state index contributed by atoms with van der Waals surface area (Å²) >= 11 is 11.1. The maximum Gasteiger partial charge on any atom is 0.310 e. The fraction of sp³-hybridized carbons (Fsp3) is 0.296. The Kier molecular flexibility index (Phi) is 20.1. The quantitative estimate of drug-likeness (QED) is 0.0696. The van der Waals surface area contributed by atoms with Gasteiger partial charge in [-0.1, -0.05) is 30.6 Å². The highest BCUT2D eigenvalue weighted by Gasteiger charge is 2.31. The van der Waals surface area contributed by atoms with Crippen LogP contribution >= 0.6 is 23.2 Å². The number of halogens is 3. The molecule has 0 bridgehead atoms. The number of phenolic OH excluding ortho intramolecular Hbond substituents is 1. The molecular weight excluding hydrogens is 1030 g/mol. The second-order valence-corrected chi connectivity index (χ2v) is 18.4. The molecule has 7 N–H and O–H groups in total. The van der Waals surface area contributed by atoms with Crippen molar-refractivity contribution < 1.29 is 72.5 Å². The largest absolute Gasteiger partial charge is 0.508 e. The van der Waals surface area contributed by atoms with Crippen LogP contribution in [-0.4, -0.2) is 84.9 Å². The van der Waals surface area contributed by atoms with Crippen molar-refractivity contribution in [1.29, 1.82) is 0 Å². The molecule has 3 unspecified atom stereocenters. The average Bonchev–Trinajstić information content (AvgIpc) is 4.32. The maximum atomic E-state index is 12.0. The number of carboxylic acids is 3. The summed E-state index contributed by atoms with van der Waals surface area (Å²) in [7, 11) is 0. The van der Waals surface area contributed by atoms with Crippen LogP contribution in [0.3, 0.4) is 0 Å². The molecule has 2 aliphatic carbocycles. The first-order valence-corrected chi connectivity index (χ1v) is 24.2. The molecule has 0 radical (unpaired) electrons. The zero-order chi connectivity index (χ0) is 53.6. The second-order valence-electron chi connectivity index (χ2n) is 17.6. The minimum absolute atomic E-state index is 0. The molecule has 3 aromatic carbocycles. The minimum Gasteiger partial charge on any atom is -0.508 e. The summed E-state index contributed by atoms with van der Waals surface area (Å²) in [4.78, 5) is 66.3. The van der Waals surface area contributed by atoms with Gasteiger partial charge in [-0.3, -0.25) is 24.0 Å².